The standard InChI is InChI=1S/C13H11Cl2N3O3/c14-8-5-9(15)7-10(6-8)16-13(21)11-1-3-18(17-11)4-2-12(19)20/h1,3,5-7H,2,4H2,(H,16,21)(H,19,20). The molecule has 8 heteroatoms. The van der Waals surface area contributed by atoms with E-state index in [-0.39, 0.29) is 18.7 Å². The summed E-state index contributed by atoms with van der Waals surface area (Å²) in [6.45, 7) is 0.200. The summed E-state index contributed by atoms with van der Waals surface area (Å²) in [5.74, 6) is -1.35. The van der Waals surface area contributed by atoms with Crippen molar-refractivity contribution < 1.29 is 14.7 Å². The SMILES string of the molecule is O=C(O)CCn1ccc(C(=O)Nc2cc(Cl)cc(Cl)c2)n1. The van der Waals surface area contributed by atoms with Crippen LogP contribution in [0.5, 0.6) is 0 Å². The van der Waals surface area contributed by atoms with Crippen LogP contribution in [0.3, 0.4) is 0 Å². The van der Waals surface area contributed by atoms with Crippen LogP contribution in [0, 0.1) is 0 Å². The average molecular weight is 328 g/mol. The first-order valence-electron chi connectivity index (χ1n) is 5.97. The zero-order valence-corrected chi connectivity index (χ0v) is 12.2. The van der Waals surface area contributed by atoms with Gasteiger partial charge in [-0.1, -0.05) is 23.2 Å². The lowest BCUT2D eigenvalue weighted by atomic mass is 10.3. The number of carbonyl (C=O) groups is 2. The summed E-state index contributed by atoms with van der Waals surface area (Å²) in [7, 11) is 0. The van der Waals surface area contributed by atoms with Crippen LogP contribution >= 0.6 is 23.2 Å². The Morgan fingerprint density at radius 2 is 1.90 bits per heavy atom. The Labute approximate surface area is 130 Å². The lowest BCUT2D eigenvalue weighted by Gasteiger charge is -2.04. The summed E-state index contributed by atoms with van der Waals surface area (Å²) >= 11 is 11.7. The van der Waals surface area contributed by atoms with Gasteiger partial charge in [-0.15, -0.1) is 0 Å². The predicted octanol–water partition coefficient (Wildman–Crippen LogP) is 2.92. The highest BCUT2D eigenvalue weighted by Crippen LogP contribution is 2.22. The number of hydrogen-bond acceptors (Lipinski definition) is 3. The van der Waals surface area contributed by atoms with E-state index in [1.54, 1.807) is 24.4 Å². The summed E-state index contributed by atoms with van der Waals surface area (Å²) in [5, 5.41) is 16.0. The van der Waals surface area contributed by atoms with E-state index in [0.29, 0.717) is 15.7 Å². The molecule has 0 fully saturated rings. The van der Waals surface area contributed by atoms with Gasteiger partial charge in [-0.05, 0) is 24.3 Å². The van der Waals surface area contributed by atoms with Crippen molar-refractivity contribution in [3.05, 3.63) is 46.2 Å². The van der Waals surface area contributed by atoms with Crippen molar-refractivity contribution in [1.82, 2.24) is 9.78 Å². The number of aliphatic carboxylic acids is 1. The Bertz CT molecular complexity index is 665. The molecule has 2 N–H and O–H groups in total. The summed E-state index contributed by atoms with van der Waals surface area (Å²) < 4.78 is 1.40. The molecule has 1 heterocycles. The Morgan fingerprint density at radius 1 is 1.24 bits per heavy atom. The first kappa shape index (κ1) is 15.3. The summed E-state index contributed by atoms with van der Waals surface area (Å²) in [4.78, 5) is 22.5. The van der Waals surface area contributed by atoms with Crippen LogP contribution in [0.1, 0.15) is 16.9 Å². The number of carbonyl (C=O) groups excluding carboxylic acids is 1. The van der Waals surface area contributed by atoms with Crippen LogP contribution in [0.4, 0.5) is 5.69 Å². The third-order valence-electron chi connectivity index (χ3n) is 2.55. The highest BCUT2D eigenvalue weighted by Gasteiger charge is 2.11. The van der Waals surface area contributed by atoms with Crippen molar-refractivity contribution in [2.45, 2.75) is 13.0 Å². The van der Waals surface area contributed by atoms with Gasteiger partial charge in [-0.25, -0.2) is 0 Å². The number of rotatable bonds is 5. The van der Waals surface area contributed by atoms with Crippen LogP contribution in [-0.2, 0) is 11.3 Å². The number of aryl methyl sites for hydroxylation is 1. The van der Waals surface area contributed by atoms with Crippen molar-refractivity contribution >= 4 is 40.8 Å². The molecule has 0 aliphatic carbocycles. The lowest BCUT2D eigenvalue weighted by Crippen LogP contribution is -2.14. The van der Waals surface area contributed by atoms with Crippen molar-refractivity contribution in [2.24, 2.45) is 0 Å². The number of benzene rings is 1. The molecule has 21 heavy (non-hydrogen) atoms. The predicted molar refractivity (Wildman–Crippen MR) is 78.9 cm³/mol. The molecule has 0 saturated heterocycles. The zero-order chi connectivity index (χ0) is 15.4. The first-order valence-corrected chi connectivity index (χ1v) is 6.72. The molecular formula is C13H11Cl2N3O3. The van der Waals surface area contributed by atoms with Gasteiger partial charge in [0.05, 0.1) is 13.0 Å². The number of nitrogens with one attached hydrogen (secondary N) is 1. The number of nitrogens with zero attached hydrogens (tertiary/aromatic N) is 2. The van der Waals surface area contributed by atoms with E-state index in [2.05, 4.69) is 10.4 Å². The van der Waals surface area contributed by atoms with E-state index in [1.807, 2.05) is 0 Å². The van der Waals surface area contributed by atoms with Crippen molar-refractivity contribution in [1.29, 1.82) is 0 Å². The van der Waals surface area contributed by atoms with E-state index in [4.69, 9.17) is 28.3 Å². The quantitative estimate of drug-likeness (QED) is 0.884. The minimum Gasteiger partial charge on any atom is -0.481 e. The molecule has 110 valence electrons. The first-order chi connectivity index (χ1) is 9.94. The van der Waals surface area contributed by atoms with Gasteiger partial charge >= 0.3 is 5.97 Å². The van der Waals surface area contributed by atoms with Crippen LogP contribution < -0.4 is 5.32 Å². The second kappa shape index (κ2) is 6.60. The number of aromatic nitrogens is 2. The lowest BCUT2D eigenvalue weighted by molar-refractivity contribution is -0.137. The second-order valence-electron chi connectivity index (χ2n) is 4.22. The molecule has 0 saturated carbocycles. The van der Waals surface area contributed by atoms with Crippen LogP contribution in [0.2, 0.25) is 10.0 Å². The number of carboxylic acid groups (broad SMARTS) is 1. The molecule has 2 rings (SSSR count). The Kier molecular flexibility index (Phi) is 4.82. The van der Waals surface area contributed by atoms with Gasteiger partial charge in [0, 0.05) is 21.9 Å². The minimum atomic E-state index is -0.926. The number of amides is 1. The monoisotopic (exact) mass is 327 g/mol. The maximum Gasteiger partial charge on any atom is 0.305 e. The second-order valence-corrected chi connectivity index (χ2v) is 5.09. The smallest absolute Gasteiger partial charge is 0.305 e. The molecule has 2 aromatic rings. The molecule has 1 aromatic heterocycles. The van der Waals surface area contributed by atoms with E-state index in [0.717, 1.165) is 0 Å². The fourth-order valence-electron chi connectivity index (χ4n) is 1.64. The Morgan fingerprint density at radius 3 is 2.52 bits per heavy atom. The fourth-order valence-corrected chi connectivity index (χ4v) is 2.16. The minimum absolute atomic E-state index is 0.0629. The van der Waals surface area contributed by atoms with Gasteiger partial charge in [-0.2, -0.15) is 5.10 Å². The summed E-state index contributed by atoms with van der Waals surface area (Å²) in [6.07, 6.45) is 1.48. The number of halogens is 2. The average Bonchev–Trinajstić information content (AvgIpc) is 2.83. The van der Waals surface area contributed by atoms with Gasteiger partial charge in [0.2, 0.25) is 0 Å². The molecule has 0 atom stereocenters. The molecule has 0 bridgehead atoms. The van der Waals surface area contributed by atoms with Crippen LogP contribution in [0.25, 0.3) is 0 Å². The van der Waals surface area contributed by atoms with Crippen LogP contribution in [0.15, 0.2) is 30.5 Å². The Hall–Kier alpha value is -2.05. The third kappa shape index (κ3) is 4.47. The highest BCUT2D eigenvalue weighted by atomic mass is 35.5. The maximum atomic E-state index is 12.0. The van der Waals surface area contributed by atoms with Gasteiger partial charge in [0.15, 0.2) is 5.69 Å². The maximum absolute atomic E-state index is 12.0. The van der Waals surface area contributed by atoms with E-state index < -0.39 is 11.9 Å². The topological polar surface area (TPSA) is 84.2 Å². The van der Waals surface area contributed by atoms with Crippen molar-refractivity contribution in [2.75, 3.05) is 5.32 Å². The van der Waals surface area contributed by atoms with Gasteiger partial charge in [0.25, 0.3) is 5.91 Å². The van der Waals surface area contributed by atoms with Crippen molar-refractivity contribution in [3.63, 3.8) is 0 Å². The number of hydrogen-bond donors (Lipinski definition) is 2. The van der Waals surface area contributed by atoms with E-state index >= 15 is 0 Å². The molecule has 0 spiro atoms. The molecule has 0 aliphatic rings. The molecule has 1 amide bonds. The summed E-state index contributed by atoms with van der Waals surface area (Å²) in [5.41, 5.74) is 0.633. The molecule has 0 unspecified atom stereocenters. The molecule has 1 aromatic carbocycles. The normalized spacial score (nSPS) is 10.4. The fraction of sp³-hybridized carbons (Fsp3) is 0.154. The number of anilines is 1. The van der Waals surface area contributed by atoms with Gasteiger partial charge in [-0.3, -0.25) is 14.3 Å². The zero-order valence-electron chi connectivity index (χ0n) is 10.7. The number of carboxylic acids is 1. The van der Waals surface area contributed by atoms with Gasteiger partial charge in [0.1, 0.15) is 0 Å². The van der Waals surface area contributed by atoms with Crippen LogP contribution in [-0.4, -0.2) is 26.8 Å². The third-order valence-corrected chi connectivity index (χ3v) is 2.98. The van der Waals surface area contributed by atoms with Gasteiger partial charge < -0.3 is 10.4 Å². The highest BCUT2D eigenvalue weighted by molar-refractivity contribution is 6.35. The molecule has 6 nitrogen and oxygen atoms in total. The van der Waals surface area contributed by atoms with Crippen molar-refractivity contribution in [3.8, 4) is 0 Å². The largest absolute Gasteiger partial charge is 0.481 e. The molecular weight excluding hydrogens is 317 g/mol. The summed E-state index contributed by atoms with van der Waals surface area (Å²) in [6, 6.07) is 6.18. The molecule has 0 aliphatic heterocycles. The Balaban J connectivity index is 2.04. The van der Waals surface area contributed by atoms with E-state index in [1.165, 1.54) is 10.7 Å². The van der Waals surface area contributed by atoms with E-state index in [9.17, 15) is 9.59 Å². The molecule has 0 radical (unpaired) electrons.